The lowest BCUT2D eigenvalue weighted by atomic mass is 10.0. The quantitative estimate of drug-likeness (QED) is 0.744. The Morgan fingerprint density at radius 1 is 1.33 bits per heavy atom. The van der Waals surface area contributed by atoms with Crippen LogP contribution in [0.1, 0.15) is 12.5 Å². The largest absolute Gasteiger partial charge is 0.353 e. The number of carbonyl (C=O) groups is 1. The summed E-state index contributed by atoms with van der Waals surface area (Å²) in [5, 5.41) is 6.20. The van der Waals surface area contributed by atoms with Crippen molar-refractivity contribution in [2.45, 2.75) is 25.4 Å². The van der Waals surface area contributed by atoms with E-state index < -0.39 is 0 Å². The molecule has 1 aliphatic rings. The third-order valence-corrected chi connectivity index (χ3v) is 2.67. The van der Waals surface area contributed by atoms with Crippen LogP contribution in [0.2, 0.25) is 0 Å². The van der Waals surface area contributed by atoms with E-state index in [1.165, 1.54) is 5.56 Å². The van der Waals surface area contributed by atoms with Crippen LogP contribution >= 0.6 is 0 Å². The van der Waals surface area contributed by atoms with E-state index in [9.17, 15) is 4.79 Å². The van der Waals surface area contributed by atoms with Crippen molar-refractivity contribution in [1.29, 1.82) is 0 Å². The minimum absolute atomic E-state index is 0.0869. The Morgan fingerprint density at radius 3 is 2.80 bits per heavy atom. The fourth-order valence-electron chi connectivity index (χ4n) is 1.86. The van der Waals surface area contributed by atoms with E-state index in [0.29, 0.717) is 6.04 Å². The van der Waals surface area contributed by atoms with Gasteiger partial charge in [0.2, 0.25) is 5.91 Å². The molecule has 0 aromatic heterocycles. The monoisotopic (exact) mass is 204 g/mol. The molecule has 1 fully saturated rings. The fraction of sp³-hybridized carbons (Fsp3) is 0.417. The SMILES string of the molecule is CC1CNC(=O)[C@H](Cc2ccccc2)N1. The Morgan fingerprint density at radius 2 is 2.07 bits per heavy atom. The van der Waals surface area contributed by atoms with E-state index in [1.807, 2.05) is 30.3 Å². The van der Waals surface area contributed by atoms with Crippen molar-refractivity contribution in [3.63, 3.8) is 0 Å². The van der Waals surface area contributed by atoms with Gasteiger partial charge in [0, 0.05) is 12.6 Å². The van der Waals surface area contributed by atoms with Crippen LogP contribution in [0.3, 0.4) is 0 Å². The van der Waals surface area contributed by atoms with Crippen LogP contribution in [-0.4, -0.2) is 24.5 Å². The Labute approximate surface area is 89.9 Å². The molecule has 0 spiro atoms. The van der Waals surface area contributed by atoms with Crippen LogP contribution in [0.5, 0.6) is 0 Å². The number of benzene rings is 1. The standard InChI is InChI=1S/C12H16N2O/c1-9-8-13-12(15)11(14-9)7-10-5-3-2-4-6-10/h2-6,9,11,14H,7-8H2,1H3,(H,13,15)/t9?,11-/m0/s1. The highest BCUT2D eigenvalue weighted by atomic mass is 16.2. The van der Waals surface area contributed by atoms with Gasteiger partial charge in [-0.2, -0.15) is 0 Å². The van der Waals surface area contributed by atoms with Crippen LogP contribution < -0.4 is 10.6 Å². The molecule has 3 nitrogen and oxygen atoms in total. The third-order valence-electron chi connectivity index (χ3n) is 2.67. The molecule has 1 heterocycles. The molecule has 80 valence electrons. The summed E-state index contributed by atoms with van der Waals surface area (Å²) < 4.78 is 0. The minimum atomic E-state index is -0.0869. The first-order valence-corrected chi connectivity index (χ1v) is 5.33. The molecule has 0 saturated carbocycles. The van der Waals surface area contributed by atoms with Gasteiger partial charge in [-0.1, -0.05) is 30.3 Å². The fourth-order valence-corrected chi connectivity index (χ4v) is 1.86. The normalized spacial score (nSPS) is 26.1. The van der Waals surface area contributed by atoms with Gasteiger partial charge in [-0.25, -0.2) is 0 Å². The molecule has 2 N–H and O–H groups in total. The van der Waals surface area contributed by atoms with Crippen molar-refractivity contribution < 1.29 is 4.79 Å². The molecule has 0 aliphatic carbocycles. The molecule has 1 saturated heterocycles. The second-order valence-electron chi connectivity index (χ2n) is 4.06. The van der Waals surface area contributed by atoms with Gasteiger partial charge in [0.25, 0.3) is 0 Å². The summed E-state index contributed by atoms with van der Waals surface area (Å²) in [4.78, 5) is 11.6. The van der Waals surface area contributed by atoms with E-state index in [4.69, 9.17) is 0 Å². The molecule has 1 unspecified atom stereocenters. The van der Waals surface area contributed by atoms with E-state index in [0.717, 1.165) is 13.0 Å². The number of hydrogen-bond acceptors (Lipinski definition) is 2. The maximum absolute atomic E-state index is 11.6. The minimum Gasteiger partial charge on any atom is -0.353 e. The topological polar surface area (TPSA) is 41.1 Å². The highest BCUT2D eigenvalue weighted by Gasteiger charge is 2.24. The van der Waals surface area contributed by atoms with Crippen molar-refractivity contribution >= 4 is 5.91 Å². The molecule has 3 heteroatoms. The van der Waals surface area contributed by atoms with Gasteiger partial charge in [-0.05, 0) is 18.9 Å². The lowest BCUT2D eigenvalue weighted by Crippen LogP contribution is -2.58. The average molecular weight is 204 g/mol. The van der Waals surface area contributed by atoms with E-state index in [-0.39, 0.29) is 11.9 Å². The Balaban J connectivity index is 2.01. The molecule has 1 aliphatic heterocycles. The zero-order valence-electron chi connectivity index (χ0n) is 8.86. The van der Waals surface area contributed by atoms with Crippen molar-refractivity contribution in [2.24, 2.45) is 0 Å². The third kappa shape index (κ3) is 2.57. The lowest BCUT2D eigenvalue weighted by Gasteiger charge is -2.28. The van der Waals surface area contributed by atoms with Gasteiger partial charge >= 0.3 is 0 Å². The number of piperazine rings is 1. The van der Waals surface area contributed by atoms with Crippen molar-refractivity contribution in [2.75, 3.05) is 6.54 Å². The van der Waals surface area contributed by atoms with Crippen LogP contribution in [-0.2, 0) is 11.2 Å². The second kappa shape index (κ2) is 4.45. The van der Waals surface area contributed by atoms with Gasteiger partial charge < -0.3 is 10.6 Å². The molecule has 2 atom stereocenters. The number of carbonyl (C=O) groups excluding carboxylic acids is 1. The summed E-state index contributed by atoms with van der Waals surface area (Å²) >= 11 is 0. The maximum atomic E-state index is 11.6. The molecule has 2 rings (SSSR count). The zero-order valence-corrected chi connectivity index (χ0v) is 8.86. The first kappa shape index (κ1) is 10.2. The molecule has 0 bridgehead atoms. The smallest absolute Gasteiger partial charge is 0.237 e. The highest BCUT2D eigenvalue weighted by molar-refractivity contribution is 5.82. The Bertz CT molecular complexity index is 337. The first-order valence-electron chi connectivity index (χ1n) is 5.33. The average Bonchev–Trinajstić information content (AvgIpc) is 2.25. The number of hydrogen-bond donors (Lipinski definition) is 2. The van der Waals surface area contributed by atoms with Gasteiger partial charge in [0.1, 0.15) is 0 Å². The maximum Gasteiger partial charge on any atom is 0.237 e. The van der Waals surface area contributed by atoms with Crippen LogP contribution in [0.4, 0.5) is 0 Å². The summed E-state index contributed by atoms with van der Waals surface area (Å²) in [6.45, 7) is 2.81. The molecule has 1 aromatic rings. The summed E-state index contributed by atoms with van der Waals surface area (Å²) in [7, 11) is 0. The first-order chi connectivity index (χ1) is 7.25. The number of amides is 1. The zero-order chi connectivity index (χ0) is 10.7. The Hall–Kier alpha value is -1.35. The predicted octanol–water partition coefficient (Wildman–Crippen LogP) is 0.706. The number of rotatable bonds is 2. The Kier molecular flexibility index (Phi) is 3.02. The van der Waals surface area contributed by atoms with Crippen molar-refractivity contribution in [3.8, 4) is 0 Å². The summed E-state index contributed by atoms with van der Waals surface area (Å²) in [5.74, 6) is 0.108. The van der Waals surface area contributed by atoms with Gasteiger partial charge in [0.05, 0.1) is 6.04 Å². The van der Waals surface area contributed by atoms with Crippen molar-refractivity contribution in [1.82, 2.24) is 10.6 Å². The van der Waals surface area contributed by atoms with Gasteiger partial charge in [-0.15, -0.1) is 0 Å². The highest BCUT2D eigenvalue weighted by Crippen LogP contribution is 2.06. The number of nitrogens with one attached hydrogen (secondary N) is 2. The molecular weight excluding hydrogens is 188 g/mol. The van der Waals surface area contributed by atoms with Crippen LogP contribution in [0, 0.1) is 0 Å². The predicted molar refractivity (Wildman–Crippen MR) is 59.5 cm³/mol. The summed E-state index contributed by atoms with van der Waals surface area (Å²) in [6, 6.07) is 10.4. The van der Waals surface area contributed by atoms with E-state index in [2.05, 4.69) is 17.6 Å². The molecule has 1 amide bonds. The second-order valence-corrected chi connectivity index (χ2v) is 4.06. The van der Waals surface area contributed by atoms with Gasteiger partial charge in [-0.3, -0.25) is 4.79 Å². The van der Waals surface area contributed by atoms with Crippen LogP contribution in [0.15, 0.2) is 30.3 Å². The molecule has 15 heavy (non-hydrogen) atoms. The molecule has 0 radical (unpaired) electrons. The lowest BCUT2D eigenvalue weighted by molar-refractivity contribution is -0.124. The summed E-state index contributed by atoms with van der Waals surface area (Å²) in [5.41, 5.74) is 1.19. The van der Waals surface area contributed by atoms with Crippen molar-refractivity contribution in [3.05, 3.63) is 35.9 Å². The summed E-state index contributed by atoms with van der Waals surface area (Å²) in [6.07, 6.45) is 0.761. The van der Waals surface area contributed by atoms with Crippen LogP contribution in [0.25, 0.3) is 0 Å². The molecule has 1 aromatic carbocycles. The van der Waals surface area contributed by atoms with E-state index >= 15 is 0 Å². The van der Waals surface area contributed by atoms with Gasteiger partial charge in [0.15, 0.2) is 0 Å². The molecular formula is C12H16N2O. The van der Waals surface area contributed by atoms with E-state index in [1.54, 1.807) is 0 Å².